The number of phenolic OH excluding ortho intramolecular Hbond substituents is 1. The third-order valence-corrected chi connectivity index (χ3v) is 2.81. The molecule has 5 nitrogen and oxygen atoms in total. The molecule has 0 aliphatic carbocycles. The lowest BCUT2D eigenvalue weighted by Crippen LogP contribution is -2.00. The summed E-state index contributed by atoms with van der Waals surface area (Å²) in [5.41, 5.74) is 1.82. The van der Waals surface area contributed by atoms with Crippen LogP contribution in [0.15, 0.2) is 59.1 Å². The molecule has 0 saturated heterocycles. The van der Waals surface area contributed by atoms with Crippen LogP contribution in [0.25, 0.3) is 11.5 Å². The van der Waals surface area contributed by atoms with Gasteiger partial charge in [0, 0.05) is 12.1 Å². The van der Waals surface area contributed by atoms with Gasteiger partial charge in [-0.25, -0.2) is 0 Å². The van der Waals surface area contributed by atoms with E-state index in [1.54, 1.807) is 18.2 Å². The van der Waals surface area contributed by atoms with Crippen molar-refractivity contribution in [2.75, 3.05) is 5.32 Å². The molecule has 0 aliphatic rings. The zero-order chi connectivity index (χ0) is 13.8. The molecule has 3 aromatic rings. The fourth-order valence-electron chi connectivity index (χ4n) is 1.84. The molecule has 3 rings (SSSR count). The number of anilines is 1. The minimum Gasteiger partial charge on any atom is -0.508 e. The van der Waals surface area contributed by atoms with Crippen molar-refractivity contribution >= 4 is 5.95 Å². The van der Waals surface area contributed by atoms with Gasteiger partial charge in [-0.1, -0.05) is 30.3 Å². The van der Waals surface area contributed by atoms with Crippen LogP contribution in [0.4, 0.5) is 5.95 Å². The van der Waals surface area contributed by atoms with Crippen LogP contribution >= 0.6 is 0 Å². The predicted octanol–water partition coefficient (Wildman–Crippen LogP) is 3.05. The summed E-state index contributed by atoms with van der Waals surface area (Å²) >= 11 is 0. The quantitative estimate of drug-likeness (QED) is 0.760. The van der Waals surface area contributed by atoms with Gasteiger partial charge in [0.25, 0.3) is 11.8 Å². The maximum atomic E-state index is 9.39. The van der Waals surface area contributed by atoms with Crippen LogP contribution in [-0.4, -0.2) is 15.2 Å². The second kappa shape index (κ2) is 5.44. The third kappa shape index (κ3) is 2.77. The van der Waals surface area contributed by atoms with E-state index in [1.165, 1.54) is 0 Å². The summed E-state index contributed by atoms with van der Waals surface area (Å²) in [4.78, 5) is 4.27. The average molecular weight is 267 g/mol. The van der Waals surface area contributed by atoms with Gasteiger partial charge in [-0.15, -0.1) is 0 Å². The van der Waals surface area contributed by atoms with E-state index in [0.717, 1.165) is 11.1 Å². The largest absolute Gasteiger partial charge is 0.508 e. The van der Waals surface area contributed by atoms with Crippen LogP contribution in [0.1, 0.15) is 5.56 Å². The van der Waals surface area contributed by atoms with E-state index in [4.69, 9.17) is 4.52 Å². The summed E-state index contributed by atoms with van der Waals surface area (Å²) in [5, 5.41) is 16.3. The van der Waals surface area contributed by atoms with Crippen molar-refractivity contribution in [1.29, 1.82) is 0 Å². The van der Waals surface area contributed by atoms with Crippen molar-refractivity contribution in [2.45, 2.75) is 6.54 Å². The fraction of sp³-hybridized carbons (Fsp3) is 0.0667. The van der Waals surface area contributed by atoms with E-state index < -0.39 is 0 Å². The number of hydrogen-bond acceptors (Lipinski definition) is 5. The molecule has 0 atom stereocenters. The number of phenols is 1. The Kier molecular flexibility index (Phi) is 3.33. The Morgan fingerprint density at radius 2 is 1.90 bits per heavy atom. The molecule has 2 N–H and O–H groups in total. The Bertz CT molecular complexity index is 695. The minimum atomic E-state index is 0.238. The Morgan fingerprint density at radius 3 is 2.70 bits per heavy atom. The summed E-state index contributed by atoms with van der Waals surface area (Å²) in [6, 6.07) is 16.6. The Labute approximate surface area is 115 Å². The normalized spacial score (nSPS) is 10.4. The van der Waals surface area contributed by atoms with E-state index in [1.807, 2.05) is 36.4 Å². The molecule has 0 aliphatic heterocycles. The summed E-state index contributed by atoms with van der Waals surface area (Å²) in [7, 11) is 0. The summed E-state index contributed by atoms with van der Waals surface area (Å²) in [5.74, 6) is 1.14. The van der Waals surface area contributed by atoms with Crippen molar-refractivity contribution in [1.82, 2.24) is 10.1 Å². The van der Waals surface area contributed by atoms with E-state index >= 15 is 0 Å². The van der Waals surface area contributed by atoms with Crippen LogP contribution < -0.4 is 5.32 Å². The van der Waals surface area contributed by atoms with E-state index in [2.05, 4.69) is 15.5 Å². The number of hydrogen-bond donors (Lipinski definition) is 2. The van der Waals surface area contributed by atoms with Gasteiger partial charge < -0.3 is 14.9 Å². The summed E-state index contributed by atoms with van der Waals surface area (Å²) < 4.78 is 5.19. The number of aromatic hydroxyl groups is 1. The monoisotopic (exact) mass is 267 g/mol. The number of nitrogens with one attached hydrogen (secondary N) is 1. The lowest BCUT2D eigenvalue weighted by atomic mass is 10.2. The lowest BCUT2D eigenvalue weighted by molar-refractivity contribution is 0.432. The number of nitrogens with zero attached hydrogens (tertiary/aromatic N) is 2. The average Bonchev–Trinajstić information content (AvgIpc) is 2.95. The highest BCUT2D eigenvalue weighted by Crippen LogP contribution is 2.18. The van der Waals surface area contributed by atoms with Gasteiger partial charge in [-0.2, -0.15) is 4.98 Å². The highest BCUT2D eigenvalue weighted by Gasteiger charge is 2.07. The van der Waals surface area contributed by atoms with Gasteiger partial charge in [-0.05, 0) is 35.0 Å². The minimum absolute atomic E-state index is 0.238. The SMILES string of the molecule is Oc1cccc(CNc2noc(-c3ccccc3)n2)c1. The number of aromatic nitrogens is 2. The molecule has 1 heterocycles. The Balaban J connectivity index is 1.69. The molecule has 0 fully saturated rings. The van der Waals surface area contributed by atoms with E-state index in [-0.39, 0.29) is 5.75 Å². The van der Waals surface area contributed by atoms with Crippen molar-refractivity contribution in [3.63, 3.8) is 0 Å². The molecule has 0 unspecified atom stereocenters. The fourth-order valence-corrected chi connectivity index (χ4v) is 1.84. The topological polar surface area (TPSA) is 71.2 Å². The first-order chi connectivity index (χ1) is 9.81. The first-order valence-corrected chi connectivity index (χ1v) is 6.22. The summed E-state index contributed by atoms with van der Waals surface area (Å²) in [6.07, 6.45) is 0. The molecular weight excluding hydrogens is 254 g/mol. The predicted molar refractivity (Wildman–Crippen MR) is 75.2 cm³/mol. The van der Waals surface area contributed by atoms with Crippen LogP contribution in [0.2, 0.25) is 0 Å². The molecule has 0 saturated carbocycles. The number of rotatable bonds is 4. The Morgan fingerprint density at radius 1 is 1.05 bits per heavy atom. The molecule has 1 aromatic heterocycles. The maximum Gasteiger partial charge on any atom is 0.264 e. The van der Waals surface area contributed by atoms with Gasteiger partial charge in [0.15, 0.2) is 0 Å². The molecule has 0 radical (unpaired) electrons. The van der Waals surface area contributed by atoms with Crippen molar-refractivity contribution in [3.05, 3.63) is 60.2 Å². The van der Waals surface area contributed by atoms with Crippen molar-refractivity contribution < 1.29 is 9.63 Å². The van der Waals surface area contributed by atoms with Gasteiger partial charge in [-0.3, -0.25) is 0 Å². The molecule has 0 spiro atoms. The standard InChI is InChI=1S/C15H13N3O2/c19-13-8-4-5-11(9-13)10-16-15-17-14(20-18-15)12-6-2-1-3-7-12/h1-9,19H,10H2,(H,16,18). The van der Waals surface area contributed by atoms with Gasteiger partial charge >= 0.3 is 0 Å². The molecule has 100 valence electrons. The first-order valence-electron chi connectivity index (χ1n) is 6.22. The highest BCUT2D eigenvalue weighted by molar-refractivity contribution is 5.53. The van der Waals surface area contributed by atoms with Crippen LogP contribution in [0.5, 0.6) is 5.75 Å². The Hall–Kier alpha value is -2.82. The molecule has 20 heavy (non-hydrogen) atoms. The molecule has 0 bridgehead atoms. The third-order valence-electron chi connectivity index (χ3n) is 2.81. The van der Waals surface area contributed by atoms with Gasteiger partial charge in [0.05, 0.1) is 0 Å². The zero-order valence-corrected chi connectivity index (χ0v) is 10.7. The molecular formula is C15H13N3O2. The second-order valence-electron chi connectivity index (χ2n) is 4.31. The summed E-state index contributed by atoms with van der Waals surface area (Å²) in [6.45, 7) is 0.516. The smallest absolute Gasteiger partial charge is 0.264 e. The van der Waals surface area contributed by atoms with Crippen LogP contribution in [0, 0.1) is 0 Å². The van der Waals surface area contributed by atoms with Crippen LogP contribution in [0.3, 0.4) is 0 Å². The molecule has 0 amide bonds. The highest BCUT2D eigenvalue weighted by atomic mass is 16.5. The maximum absolute atomic E-state index is 9.39. The second-order valence-corrected chi connectivity index (χ2v) is 4.31. The molecule has 5 heteroatoms. The van der Waals surface area contributed by atoms with Gasteiger partial charge in [0.2, 0.25) is 0 Å². The zero-order valence-electron chi connectivity index (χ0n) is 10.7. The van der Waals surface area contributed by atoms with Crippen LogP contribution in [-0.2, 0) is 6.54 Å². The van der Waals surface area contributed by atoms with Crippen molar-refractivity contribution in [2.24, 2.45) is 0 Å². The van der Waals surface area contributed by atoms with Gasteiger partial charge in [0.1, 0.15) is 5.75 Å². The first kappa shape index (κ1) is 12.2. The van der Waals surface area contributed by atoms with E-state index in [9.17, 15) is 5.11 Å². The number of benzene rings is 2. The molecule has 2 aromatic carbocycles. The van der Waals surface area contributed by atoms with Crippen molar-refractivity contribution in [3.8, 4) is 17.2 Å². The van der Waals surface area contributed by atoms with E-state index in [0.29, 0.717) is 18.4 Å². The lowest BCUT2D eigenvalue weighted by Gasteiger charge is -2.01.